The van der Waals surface area contributed by atoms with Crippen LogP contribution >= 0.6 is 11.8 Å². The van der Waals surface area contributed by atoms with E-state index in [1.807, 2.05) is 6.08 Å². The van der Waals surface area contributed by atoms with Gasteiger partial charge in [0.15, 0.2) is 16.7 Å². The Morgan fingerprint density at radius 3 is 2.75 bits per heavy atom. The van der Waals surface area contributed by atoms with Crippen LogP contribution in [-0.4, -0.2) is 10.9 Å². The molecule has 0 aliphatic rings. The molecule has 1 aromatic rings. The molecule has 0 saturated heterocycles. The summed E-state index contributed by atoms with van der Waals surface area (Å²) in [5.41, 5.74) is 0.617. The number of carbonyl (C=O) groups excluding carboxylic acids is 1. The van der Waals surface area contributed by atoms with Gasteiger partial charge in [0.25, 0.3) is 0 Å². The first-order valence-electron chi connectivity index (χ1n) is 4.84. The zero-order valence-corrected chi connectivity index (χ0v) is 9.69. The van der Waals surface area contributed by atoms with E-state index in [9.17, 15) is 13.6 Å². The minimum atomic E-state index is -0.847. The van der Waals surface area contributed by atoms with Crippen LogP contribution in [0, 0.1) is 11.6 Å². The summed E-state index contributed by atoms with van der Waals surface area (Å²) in [5, 5.41) is 0.0845. The third-order valence-corrected chi connectivity index (χ3v) is 2.69. The van der Waals surface area contributed by atoms with Crippen LogP contribution in [0.2, 0.25) is 0 Å². The van der Waals surface area contributed by atoms with Crippen LogP contribution in [0.4, 0.5) is 8.78 Å². The largest absolute Gasteiger partial charge is 0.288 e. The maximum absolute atomic E-state index is 12.8. The fraction of sp³-hybridized carbons (Fsp3) is 0.250. The molecule has 0 N–H and O–H groups in total. The standard InChI is InChI=1S/C12H12F2OS/c1-9(15)16-7-3-2-4-10-5-6-11(13)12(14)8-10/h2,4-6,8H,3,7H2,1H3. The molecule has 0 unspecified atom stereocenters. The number of benzene rings is 1. The minimum Gasteiger partial charge on any atom is -0.288 e. The molecule has 1 nitrogen and oxygen atoms in total. The maximum Gasteiger partial charge on any atom is 0.185 e. The van der Waals surface area contributed by atoms with E-state index in [2.05, 4.69) is 0 Å². The fourth-order valence-corrected chi connectivity index (χ4v) is 1.65. The number of thioether (sulfide) groups is 1. The molecule has 0 amide bonds. The van der Waals surface area contributed by atoms with Crippen LogP contribution in [0.25, 0.3) is 6.08 Å². The Kier molecular flexibility index (Phi) is 5.19. The molecule has 0 radical (unpaired) electrons. The van der Waals surface area contributed by atoms with Crippen LogP contribution in [0.15, 0.2) is 24.3 Å². The van der Waals surface area contributed by atoms with Crippen molar-refractivity contribution in [1.29, 1.82) is 0 Å². The van der Waals surface area contributed by atoms with Gasteiger partial charge in [-0.05, 0) is 24.1 Å². The van der Waals surface area contributed by atoms with E-state index in [-0.39, 0.29) is 5.12 Å². The van der Waals surface area contributed by atoms with Crippen molar-refractivity contribution in [2.45, 2.75) is 13.3 Å². The Morgan fingerprint density at radius 1 is 1.38 bits per heavy atom. The molecule has 1 aromatic carbocycles. The van der Waals surface area contributed by atoms with Gasteiger partial charge in [0.2, 0.25) is 0 Å². The highest BCUT2D eigenvalue weighted by Crippen LogP contribution is 2.11. The molecule has 0 aliphatic carbocycles. The van der Waals surface area contributed by atoms with Crippen LogP contribution in [0.5, 0.6) is 0 Å². The molecule has 0 spiro atoms. The highest BCUT2D eigenvalue weighted by Gasteiger charge is 1.99. The third kappa shape index (κ3) is 4.57. The van der Waals surface area contributed by atoms with E-state index in [1.54, 1.807) is 6.08 Å². The van der Waals surface area contributed by atoms with Gasteiger partial charge in [-0.1, -0.05) is 30.0 Å². The zero-order valence-electron chi connectivity index (χ0n) is 8.87. The van der Waals surface area contributed by atoms with Crippen LogP contribution < -0.4 is 0 Å². The smallest absolute Gasteiger partial charge is 0.185 e. The first kappa shape index (κ1) is 12.9. The lowest BCUT2D eigenvalue weighted by Crippen LogP contribution is -1.85. The first-order valence-corrected chi connectivity index (χ1v) is 5.83. The summed E-state index contributed by atoms with van der Waals surface area (Å²) in [7, 11) is 0. The highest BCUT2D eigenvalue weighted by atomic mass is 32.2. The summed E-state index contributed by atoms with van der Waals surface area (Å²) < 4.78 is 25.4. The Balaban J connectivity index is 2.44. The van der Waals surface area contributed by atoms with Crippen LogP contribution in [0.3, 0.4) is 0 Å². The van der Waals surface area contributed by atoms with E-state index < -0.39 is 11.6 Å². The van der Waals surface area contributed by atoms with Gasteiger partial charge >= 0.3 is 0 Å². The SMILES string of the molecule is CC(=O)SCCC=Cc1ccc(F)c(F)c1. The van der Waals surface area contributed by atoms with E-state index in [0.29, 0.717) is 11.3 Å². The van der Waals surface area contributed by atoms with E-state index in [4.69, 9.17) is 0 Å². The lowest BCUT2D eigenvalue weighted by molar-refractivity contribution is -0.109. The lowest BCUT2D eigenvalue weighted by atomic mass is 10.2. The summed E-state index contributed by atoms with van der Waals surface area (Å²) >= 11 is 1.25. The number of carbonyl (C=O) groups is 1. The quantitative estimate of drug-likeness (QED) is 0.750. The topological polar surface area (TPSA) is 17.1 Å². The van der Waals surface area contributed by atoms with Gasteiger partial charge in [0, 0.05) is 12.7 Å². The summed E-state index contributed by atoms with van der Waals surface area (Å²) in [5.74, 6) is -0.986. The number of rotatable bonds is 4. The molecule has 0 saturated carbocycles. The molecule has 1 rings (SSSR count). The van der Waals surface area contributed by atoms with Crippen molar-refractivity contribution in [3.8, 4) is 0 Å². The molecule has 0 atom stereocenters. The predicted molar refractivity (Wildman–Crippen MR) is 63.1 cm³/mol. The number of hydrogen-bond acceptors (Lipinski definition) is 2. The molecule has 0 fully saturated rings. The second-order valence-electron chi connectivity index (χ2n) is 3.20. The normalized spacial score (nSPS) is 10.9. The zero-order chi connectivity index (χ0) is 12.0. The van der Waals surface area contributed by atoms with Gasteiger partial charge in [-0.2, -0.15) is 0 Å². The van der Waals surface area contributed by atoms with Crippen molar-refractivity contribution < 1.29 is 13.6 Å². The van der Waals surface area contributed by atoms with Crippen LogP contribution in [0.1, 0.15) is 18.9 Å². The van der Waals surface area contributed by atoms with E-state index in [1.165, 1.54) is 24.8 Å². The van der Waals surface area contributed by atoms with Crippen LogP contribution in [-0.2, 0) is 4.79 Å². The van der Waals surface area contributed by atoms with Gasteiger partial charge in [0.05, 0.1) is 0 Å². The summed E-state index contributed by atoms with van der Waals surface area (Å²) in [6.07, 6.45) is 4.27. The summed E-state index contributed by atoms with van der Waals surface area (Å²) in [4.78, 5) is 10.6. The van der Waals surface area contributed by atoms with Gasteiger partial charge in [-0.15, -0.1) is 0 Å². The van der Waals surface area contributed by atoms with Crippen molar-refractivity contribution in [3.63, 3.8) is 0 Å². The summed E-state index contributed by atoms with van der Waals surface area (Å²) in [6.45, 7) is 1.52. The maximum atomic E-state index is 12.8. The van der Waals surface area contributed by atoms with Crippen molar-refractivity contribution in [1.82, 2.24) is 0 Å². The Hall–Kier alpha value is -1.16. The third-order valence-electron chi connectivity index (χ3n) is 1.84. The minimum absolute atomic E-state index is 0.0845. The average Bonchev–Trinajstić information content (AvgIpc) is 2.22. The van der Waals surface area contributed by atoms with Crippen molar-refractivity contribution in [2.24, 2.45) is 0 Å². The van der Waals surface area contributed by atoms with E-state index >= 15 is 0 Å². The Bertz CT molecular complexity index is 402. The second-order valence-corrected chi connectivity index (χ2v) is 4.48. The molecule has 86 valence electrons. The molecule has 0 bridgehead atoms. The number of allylic oxidation sites excluding steroid dienone is 1. The van der Waals surface area contributed by atoms with Gasteiger partial charge < -0.3 is 0 Å². The van der Waals surface area contributed by atoms with Gasteiger partial charge in [-0.25, -0.2) is 8.78 Å². The van der Waals surface area contributed by atoms with Crippen molar-refractivity contribution in [2.75, 3.05) is 5.75 Å². The fourth-order valence-electron chi connectivity index (χ4n) is 1.11. The number of halogens is 2. The monoisotopic (exact) mass is 242 g/mol. The number of hydrogen-bond donors (Lipinski definition) is 0. The highest BCUT2D eigenvalue weighted by molar-refractivity contribution is 8.13. The Labute approximate surface area is 97.5 Å². The molecule has 0 aliphatic heterocycles. The summed E-state index contributed by atoms with van der Waals surface area (Å²) in [6, 6.07) is 3.75. The second kappa shape index (κ2) is 6.43. The molecule has 0 heterocycles. The van der Waals surface area contributed by atoms with E-state index in [0.717, 1.165) is 18.6 Å². The molecule has 4 heteroatoms. The first-order chi connectivity index (χ1) is 7.59. The van der Waals surface area contributed by atoms with Crippen molar-refractivity contribution in [3.05, 3.63) is 41.5 Å². The molecular weight excluding hydrogens is 230 g/mol. The molecular formula is C12H12F2OS. The average molecular weight is 242 g/mol. The van der Waals surface area contributed by atoms with Gasteiger partial charge in [-0.3, -0.25) is 4.79 Å². The lowest BCUT2D eigenvalue weighted by Gasteiger charge is -1.95. The Morgan fingerprint density at radius 2 is 2.12 bits per heavy atom. The molecule has 0 aromatic heterocycles. The predicted octanol–water partition coefficient (Wildman–Crippen LogP) is 3.65. The molecule has 16 heavy (non-hydrogen) atoms. The van der Waals surface area contributed by atoms with Gasteiger partial charge in [0.1, 0.15) is 0 Å². The van der Waals surface area contributed by atoms with Crippen molar-refractivity contribution >= 4 is 23.0 Å².